The molecule has 0 aliphatic rings. The van der Waals surface area contributed by atoms with E-state index in [1.54, 1.807) is 0 Å². The van der Waals surface area contributed by atoms with Crippen LogP contribution in [-0.2, 0) is 0 Å². The van der Waals surface area contributed by atoms with Crippen molar-refractivity contribution in [2.75, 3.05) is 0 Å². The molecule has 1 nitrogen and oxygen atoms in total. The standard InChI is InChI=1S/C4H7ClO.ClH.Na/c1-2-3-4(5)6;;/h3,6H,2H2,1H3;1H;/q;;+1/p-1. The van der Waals surface area contributed by atoms with Gasteiger partial charge < -0.3 is 17.5 Å². The third-order valence-corrected chi connectivity index (χ3v) is 0.527. The summed E-state index contributed by atoms with van der Waals surface area (Å²) in [5, 5.41) is 8.07. The van der Waals surface area contributed by atoms with E-state index in [9.17, 15) is 0 Å². The number of aliphatic hydroxyl groups excluding tert-OH is 1. The fourth-order valence-corrected chi connectivity index (χ4v) is 0.323. The van der Waals surface area contributed by atoms with Crippen molar-refractivity contribution in [3.05, 3.63) is 11.3 Å². The Kier molecular flexibility index (Phi) is 22.1. The van der Waals surface area contributed by atoms with E-state index < -0.39 is 0 Å². The first-order valence-electron chi connectivity index (χ1n) is 1.82. The van der Waals surface area contributed by atoms with E-state index in [-0.39, 0.29) is 47.2 Å². The van der Waals surface area contributed by atoms with Crippen LogP contribution in [0.1, 0.15) is 13.3 Å². The fourth-order valence-electron chi connectivity index (χ4n) is 0.168. The maximum atomic E-state index is 8.18. The van der Waals surface area contributed by atoms with Crippen molar-refractivity contribution in [3.8, 4) is 0 Å². The summed E-state index contributed by atoms with van der Waals surface area (Å²) >= 11 is 4.99. The largest absolute Gasteiger partial charge is 1.00 e. The Morgan fingerprint density at radius 3 is 2.12 bits per heavy atom. The Morgan fingerprint density at radius 2 is 2.12 bits per heavy atom. The molecule has 1 N–H and O–H groups in total. The van der Waals surface area contributed by atoms with E-state index in [0.29, 0.717) is 0 Å². The Balaban J connectivity index is -0.000000125. The molecule has 0 atom stereocenters. The first-order chi connectivity index (χ1) is 2.77. The molecule has 0 rings (SSSR count). The van der Waals surface area contributed by atoms with Crippen molar-refractivity contribution in [2.45, 2.75) is 13.3 Å². The monoisotopic (exact) mass is 164 g/mol. The molecule has 0 bridgehead atoms. The summed E-state index contributed by atoms with van der Waals surface area (Å²) in [6, 6.07) is 0. The average Bonchev–Trinajstić information content (AvgIpc) is 1.35. The minimum absolute atomic E-state index is 0. The second-order valence-electron chi connectivity index (χ2n) is 0.935. The van der Waals surface area contributed by atoms with Crippen LogP contribution in [0.25, 0.3) is 0 Å². The quantitative estimate of drug-likeness (QED) is 0.310. The zero-order valence-electron chi connectivity index (χ0n) is 4.99. The molecule has 0 saturated carbocycles. The molecule has 0 aliphatic heterocycles. The molecule has 0 aromatic carbocycles. The van der Waals surface area contributed by atoms with Crippen molar-refractivity contribution in [3.63, 3.8) is 0 Å². The molecule has 0 fully saturated rings. The van der Waals surface area contributed by atoms with Gasteiger partial charge in [-0.05, 0) is 24.1 Å². The summed E-state index contributed by atoms with van der Waals surface area (Å²) in [7, 11) is 0. The van der Waals surface area contributed by atoms with Gasteiger partial charge in [0.1, 0.15) is 0 Å². The van der Waals surface area contributed by atoms with Crippen LogP contribution in [0.3, 0.4) is 0 Å². The number of hydrogen-bond acceptors (Lipinski definition) is 1. The molecule has 0 aromatic heterocycles. The van der Waals surface area contributed by atoms with E-state index >= 15 is 0 Å². The van der Waals surface area contributed by atoms with Crippen LogP contribution in [0.5, 0.6) is 0 Å². The summed E-state index contributed by atoms with van der Waals surface area (Å²) < 4.78 is 0. The molecular weight excluding hydrogens is 158 g/mol. The van der Waals surface area contributed by atoms with Crippen LogP contribution in [0.15, 0.2) is 11.3 Å². The molecule has 0 spiro atoms. The van der Waals surface area contributed by atoms with Crippen LogP contribution in [0, 0.1) is 0 Å². The van der Waals surface area contributed by atoms with Crippen LogP contribution in [0.4, 0.5) is 0 Å². The Bertz CT molecular complexity index is 61.1. The van der Waals surface area contributed by atoms with Gasteiger partial charge in [-0.2, -0.15) is 0 Å². The SMILES string of the molecule is CCC=C(O)Cl.[Cl-].[Na+]. The van der Waals surface area contributed by atoms with E-state index in [1.807, 2.05) is 6.92 Å². The number of hydrogen-bond donors (Lipinski definition) is 1. The van der Waals surface area contributed by atoms with E-state index in [1.165, 1.54) is 6.08 Å². The third-order valence-electron chi connectivity index (χ3n) is 0.373. The molecule has 0 radical (unpaired) electrons. The molecule has 0 heterocycles. The van der Waals surface area contributed by atoms with Crippen molar-refractivity contribution in [2.24, 2.45) is 0 Å². The van der Waals surface area contributed by atoms with Gasteiger partial charge in [-0.1, -0.05) is 6.92 Å². The first-order valence-corrected chi connectivity index (χ1v) is 2.19. The second-order valence-corrected chi connectivity index (χ2v) is 1.32. The first kappa shape index (κ1) is 16.1. The molecule has 0 aromatic rings. The Labute approximate surface area is 82.8 Å². The van der Waals surface area contributed by atoms with Crippen molar-refractivity contribution in [1.29, 1.82) is 0 Å². The molecule has 0 unspecified atom stereocenters. The van der Waals surface area contributed by atoms with E-state index in [4.69, 9.17) is 16.7 Å². The molecule has 4 heteroatoms. The number of aliphatic hydroxyl groups is 1. The second kappa shape index (κ2) is 11.0. The van der Waals surface area contributed by atoms with Crippen LogP contribution in [0.2, 0.25) is 0 Å². The van der Waals surface area contributed by atoms with Gasteiger partial charge in [-0.25, -0.2) is 0 Å². The average molecular weight is 165 g/mol. The minimum atomic E-state index is -0.113. The predicted molar refractivity (Wildman–Crippen MR) is 26.9 cm³/mol. The maximum absolute atomic E-state index is 8.18. The smallest absolute Gasteiger partial charge is 1.00 e. The Hall–Kier alpha value is 1.12. The molecule has 0 amide bonds. The summed E-state index contributed by atoms with van der Waals surface area (Å²) in [5.74, 6) is 0. The zero-order valence-corrected chi connectivity index (χ0v) is 8.50. The van der Waals surface area contributed by atoms with Gasteiger partial charge in [0.25, 0.3) is 0 Å². The van der Waals surface area contributed by atoms with Crippen molar-refractivity contribution >= 4 is 11.6 Å². The van der Waals surface area contributed by atoms with Gasteiger partial charge in [0.05, 0.1) is 0 Å². The predicted octanol–water partition coefficient (Wildman–Crippen LogP) is -3.96. The minimum Gasteiger partial charge on any atom is -1.00 e. The zero-order chi connectivity index (χ0) is 4.99. The summed E-state index contributed by atoms with van der Waals surface area (Å²) in [6.45, 7) is 1.90. The van der Waals surface area contributed by atoms with Crippen LogP contribution in [-0.4, -0.2) is 5.11 Å². The summed E-state index contributed by atoms with van der Waals surface area (Å²) in [4.78, 5) is 0. The van der Waals surface area contributed by atoms with E-state index in [0.717, 1.165) is 6.42 Å². The number of allylic oxidation sites excluding steroid dienone is 1. The fraction of sp³-hybridized carbons (Fsp3) is 0.500. The van der Waals surface area contributed by atoms with Gasteiger partial charge in [-0.15, -0.1) is 0 Å². The summed E-state index contributed by atoms with van der Waals surface area (Å²) in [6.07, 6.45) is 2.32. The maximum Gasteiger partial charge on any atom is 1.00 e. The van der Waals surface area contributed by atoms with Gasteiger partial charge >= 0.3 is 29.6 Å². The number of halogens is 2. The topological polar surface area (TPSA) is 20.2 Å². The summed E-state index contributed by atoms with van der Waals surface area (Å²) in [5.41, 5.74) is 0. The number of rotatable bonds is 1. The molecule has 8 heavy (non-hydrogen) atoms. The molecular formula is C4H7Cl2NaO. The van der Waals surface area contributed by atoms with Gasteiger partial charge in [0, 0.05) is 0 Å². The van der Waals surface area contributed by atoms with Gasteiger partial charge in [0.2, 0.25) is 0 Å². The van der Waals surface area contributed by atoms with Gasteiger partial charge in [0.15, 0.2) is 5.22 Å². The van der Waals surface area contributed by atoms with E-state index in [2.05, 4.69) is 0 Å². The normalized spacial score (nSPS) is 9.00. The third kappa shape index (κ3) is 15.7. The van der Waals surface area contributed by atoms with Crippen molar-refractivity contribution < 1.29 is 47.1 Å². The van der Waals surface area contributed by atoms with Crippen LogP contribution >= 0.6 is 11.6 Å². The van der Waals surface area contributed by atoms with Crippen LogP contribution < -0.4 is 42.0 Å². The van der Waals surface area contributed by atoms with Gasteiger partial charge in [-0.3, -0.25) is 0 Å². The molecule has 0 aliphatic carbocycles. The molecule has 0 saturated heterocycles. The Morgan fingerprint density at radius 1 is 1.75 bits per heavy atom. The molecule has 44 valence electrons. The van der Waals surface area contributed by atoms with Crippen molar-refractivity contribution in [1.82, 2.24) is 0 Å².